The van der Waals surface area contributed by atoms with Gasteiger partial charge in [0.05, 0.1) is 23.8 Å². The molecule has 0 aliphatic heterocycles. The average Bonchev–Trinajstić information content (AvgIpc) is 2.48. The fraction of sp³-hybridized carbons (Fsp3) is 0.0667. The van der Waals surface area contributed by atoms with E-state index in [1.165, 1.54) is 10.9 Å². The highest BCUT2D eigenvalue weighted by molar-refractivity contribution is 14.1. The van der Waals surface area contributed by atoms with Crippen LogP contribution in [0.25, 0.3) is 10.9 Å². The molecule has 3 rings (SSSR count). The first-order chi connectivity index (χ1) is 10.5. The minimum absolute atomic E-state index is 0.0403. The van der Waals surface area contributed by atoms with Crippen LogP contribution in [0.4, 0.5) is 8.78 Å². The number of phenolic OH excluding ortho intramolecular Hbond substituents is 1. The summed E-state index contributed by atoms with van der Waals surface area (Å²) in [5, 5.41) is 9.53. The highest BCUT2D eigenvalue weighted by Crippen LogP contribution is 2.21. The van der Waals surface area contributed by atoms with E-state index < -0.39 is 17.4 Å². The zero-order valence-electron chi connectivity index (χ0n) is 11.1. The van der Waals surface area contributed by atoms with Gasteiger partial charge in [-0.25, -0.2) is 13.8 Å². The molecule has 0 amide bonds. The number of nitrogens with zero attached hydrogens (tertiary/aromatic N) is 2. The van der Waals surface area contributed by atoms with Gasteiger partial charge >= 0.3 is 0 Å². The molecular weight excluding hydrogens is 405 g/mol. The van der Waals surface area contributed by atoms with E-state index in [0.717, 1.165) is 15.7 Å². The zero-order chi connectivity index (χ0) is 15.9. The molecule has 0 bridgehead atoms. The van der Waals surface area contributed by atoms with Gasteiger partial charge < -0.3 is 5.11 Å². The van der Waals surface area contributed by atoms with E-state index in [0.29, 0.717) is 10.9 Å². The first-order valence-corrected chi connectivity index (χ1v) is 7.35. The summed E-state index contributed by atoms with van der Waals surface area (Å²) in [6, 6.07) is 7.26. The monoisotopic (exact) mass is 414 g/mol. The van der Waals surface area contributed by atoms with Crippen molar-refractivity contribution in [1.82, 2.24) is 9.55 Å². The van der Waals surface area contributed by atoms with Gasteiger partial charge in [-0.1, -0.05) is 0 Å². The summed E-state index contributed by atoms with van der Waals surface area (Å²) >= 11 is 2.09. The molecule has 1 aromatic heterocycles. The van der Waals surface area contributed by atoms with Crippen molar-refractivity contribution in [3.63, 3.8) is 0 Å². The summed E-state index contributed by atoms with van der Waals surface area (Å²) < 4.78 is 28.9. The molecule has 0 aliphatic carbocycles. The third-order valence-electron chi connectivity index (χ3n) is 3.22. The SMILES string of the molecule is O=c1c2cc(I)ccc2ncn1Cc1cc(F)c(O)c(F)c1. The fourth-order valence-corrected chi connectivity index (χ4v) is 2.64. The van der Waals surface area contributed by atoms with E-state index in [1.54, 1.807) is 12.1 Å². The van der Waals surface area contributed by atoms with Gasteiger partial charge in [0.15, 0.2) is 17.4 Å². The lowest BCUT2D eigenvalue weighted by molar-refractivity contribution is 0.395. The van der Waals surface area contributed by atoms with Crippen molar-refractivity contribution in [3.05, 3.63) is 67.8 Å². The number of aromatic nitrogens is 2. The van der Waals surface area contributed by atoms with Crippen molar-refractivity contribution in [1.29, 1.82) is 0 Å². The molecule has 3 aromatic rings. The lowest BCUT2D eigenvalue weighted by Gasteiger charge is -2.08. The highest BCUT2D eigenvalue weighted by Gasteiger charge is 2.11. The molecule has 22 heavy (non-hydrogen) atoms. The van der Waals surface area contributed by atoms with E-state index in [2.05, 4.69) is 27.6 Å². The molecule has 0 spiro atoms. The van der Waals surface area contributed by atoms with E-state index in [4.69, 9.17) is 5.11 Å². The number of rotatable bonds is 2. The number of hydrogen-bond acceptors (Lipinski definition) is 3. The number of halogens is 3. The molecule has 0 saturated heterocycles. The molecule has 112 valence electrons. The van der Waals surface area contributed by atoms with Crippen molar-refractivity contribution >= 4 is 33.5 Å². The molecule has 0 saturated carbocycles. The average molecular weight is 414 g/mol. The minimum atomic E-state index is -1.06. The largest absolute Gasteiger partial charge is 0.503 e. The predicted molar refractivity (Wildman–Crippen MR) is 85.8 cm³/mol. The number of benzene rings is 2. The van der Waals surface area contributed by atoms with Crippen LogP contribution < -0.4 is 5.56 Å². The second-order valence-corrected chi connectivity index (χ2v) is 5.99. The maximum absolute atomic E-state index is 13.4. The predicted octanol–water partition coefficient (Wildman–Crippen LogP) is 3.03. The molecule has 0 unspecified atom stereocenters. The first kappa shape index (κ1) is 14.9. The van der Waals surface area contributed by atoms with Crippen molar-refractivity contribution < 1.29 is 13.9 Å². The molecule has 0 radical (unpaired) electrons. The molecular formula is C15H9F2IN2O2. The van der Waals surface area contributed by atoms with Crippen LogP contribution in [0.3, 0.4) is 0 Å². The van der Waals surface area contributed by atoms with Crippen LogP contribution >= 0.6 is 22.6 Å². The van der Waals surface area contributed by atoms with Crippen LogP contribution in [0.2, 0.25) is 0 Å². The summed E-state index contributed by atoms with van der Waals surface area (Å²) in [6.07, 6.45) is 1.33. The van der Waals surface area contributed by atoms with Crippen molar-refractivity contribution in [2.75, 3.05) is 0 Å². The summed E-state index contributed by atoms with van der Waals surface area (Å²) in [7, 11) is 0. The summed E-state index contributed by atoms with van der Waals surface area (Å²) in [6.45, 7) is -0.0403. The third-order valence-corrected chi connectivity index (χ3v) is 3.89. The Labute approximate surface area is 137 Å². The minimum Gasteiger partial charge on any atom is -0.503 e. The van der Waals surface area contributed by atoms with Gasteiger partial charge in [0.1, 0.15) is 0 Å². The fourth-order valence-electron chi connectivity index (χ4n) is 2.15. The zero-order valence-corrected chi connectivity index (χ0v) is 13.2. The normalized spacial score (nSPS) is 11.0. The first-order valence-electron chi connectivity index (χ1n) is 6.27. The molecule has 0 aliphatic rings. The Hall–Kier alpha value is -2.03. The van der Waals surface area contributed by atoms with E-state index >= 15 is 0 Å². The van der Waals surface area contributed by atoms with Gasteiger partial charge in [-0.15, -0.1) is 0 Å². The van der Waals surface area contributed by atoms with Crippen molar-refractivity contribution in [3.8, 4) is 5.75 Å². The van der Waals surface area contributed by atoms with Crippen LogP contribution in [0.1, 0.15) is 5.56 Å². The van der Waals surface area contributed by atoms with Gasteiger partial charge in [-0.3, -0.25) is 9.36 Å². The molecule has 2 aromatic carbocycles. The Bertz CT molecular complexity index is 917. The smallest absolute Gasteiger partial charge is 0.261 e. The van der Waals surface area contributed by atoms with Crippen LogP contribution in [0.15, 0.2) is 41.5 Å². The number of fused-ring (bicyclic) bond motifs is 1. The highest BCUT2D eigenvalue weighted by atomic mass is 127. The summed E-state index contributed by atoms with van der Waals surface area (Å²) in [5.41, 5.74) is 0.490. The summed E-state index contributed by atoms with van der Waals surface area (Å²) in [5.74, 6) is -3.15. The van der Waals surface area contributed by atoms with Crippen molar-refractivity contribution in [2.45, 2.75) is 6.54 Å². The molecule has 1 heterocycles. The molecule has 4 nitrogen and oxygen atoms in total. The lowest BCUT2D eigenvalue weighted by atomic mass is 10.2. The van der Waals surface area contributed by atoms with E-state index in [9.17, 15) is 13.6 Å². The van der Waals surface area contributed by atoms with Gasteiger partial charge in [-0.05, 0) is 58.5 Å². The maximum Gasteiger partial charge on any atom is 0.261 e. The standard InChI is InChI=1S/C15H9F2IN2O2/c16-11-3-8(4-12(17)14(11)21)6-20-7-19-13-2-1-9(18)5-10(13)15(20)22/h1-5,7,21H,6H2. The Kier molecular flexibility index (Phi) is 3.81. The van der Waals surface area contributed by atoms with E-state index in [-0.39, 0.29) is 17.7 Å². The van der Waals surface area contributed by atoms with Crippen LogP contribution in [0.5, 0.6) is 5.75 Å². The second kappa shape index (κ2) is 5.64. The Morgan fingerprint density at radius 3 is 2.55 bits per heavy atom. The molecule has 1 N–H and O–H groups in total. The van der Waals surface area contributed by atoms with Gasteiger partial charge in [0.25, 0.3) is 5.56 Å². The Morgan fingerprint density at radius 1 is 1.18 bits per heavy atom. The molecule has 0 atom stereocenters. The topological polar surface area (TPSA) is 55.1 Å². The summed E-state index contributed by atoms with van der Waals surface area (Å²) in [4.78, 5) is 16.6. The van der Waals surface area contributed by atoms with Gasteiger partial charge in [0, 0.05) is 3.57 Å². The second-order valence-electron chi connectivity index (χ2n) is 4.75. The third kappa shape index (κ3) is 2.68. The number of hydrogen-bond donors (Lipinski definition) is 1. The number of aromatic hydroxyl groups is 1. The van der Waals surface area contributed by atoms with Crippen molar-refractivity contribution in [2.24, 2.45) is 0 Å². The molecule has 0 fully saturated rings. The quantitative estimate of drug-likeness (QED) is 0.657. The van der Waals surface area contributed by atoms with Crippen LogP contribution in [-0.4, -0.2) is 14.7 Å². The Morgan fingerprint density at radius 2 is 1.86 bits per heavy atom. The van der Waals surface area contributed by atoms with Crippen LogP contribution in [0, 0.1) is 15.2 Å². The van der Waals surface area contributed by atoms with Gasteiger partial charge in [0.2, 0.25) is 0 Å². The van der Waals surface area contributed by atoms with E-state index in [1.807, 2.05) is 6.07 Å². The lowest BCUT2D eigenvalue weighted by Crippen LogP contribution is -2.21. The Balaban J connectivity index is 2.08. The number of phenols is 1. The van der Waals surface area contributed by atoms with Gasteiger partial charge in [-0.2, -0.15) is 0 Å². The maximum atomic E-state index is 13.4. The molecule has 7 heteroatoms. The van der Waals surface area contributed by atoms with Crippen LogP contribution in [-0.2, 0) is 6.54 Å².